The SMILES string of the molecule is CC(C)Cn1c(CBr)nnc1-c1cccc(F)c1Br. The van der Waals surface area contributed by atoms with Crippen LogP contribution in [-0.2, 0) is 11.9 Å². The molecular weight excluding hydrogens is 377 g/mol. The first-order valence-corrected chi connectivity index (χ1v) is 7.88. The number of nitrogens with zero attached hydrogens (tertiary/aromatic N) is 3. The molecule has 0 atom stereocenters. The van der Waals surface area contributed by atoms with Crippen LogP contribution in [0.15, 0.2) is 22.7 Å². The van der Waals surface area contributed by atoms with Gasteiger partial charge in [-0.05, 0) is 34.0 Å². The van der Waals surface area contributed by atoms with Crippen LogP contribution in [0.3, 0.4) is 0 Å². The highest BCUT2D eigenvalue weighted by Gasteiger charge is 2.17. The van der Waals surface area contributed by atoms with E-state index < -0.39 is 0 Å². The van der Waals surface area contributed by atoms with Gasteiger partial charge in [0.2, 0.25) is 0 Å². The van der Waals surface area contributed by atoms with Crippen molar-refractivity contribution >= 4 is 31.9 Å². The van der Waals surface area contributed by atoms with Crippen LogP contribution in [0.4, 0.5) is 4.39 Å². The van der Waals surface area contributed by atoms with Gasteiger partial charge in [0.15, 0.2) is 5.82 Å². The Bertz CT molecular complexity index is 581. The summed E-state index contributed by atoms with van der Waals surface area (Å²) in [5.74, 6) is 1.70. The Morgan fingerprint density at radius 3 is 2.68 bits per heavy atom. The van der Waals surface area contributed by atoms with E-state index in [9.17, 15) is 4.39 Å². The van der Waals surface area contributed by atoms with Crippen molar-refractivity contribution in [1.29, 1.82) is 0 Å². The van der Waals surface area contributed by atoms with E-state index in [0.29, 0.717) is 21.5 Å². The lowest BCUT2D eigenvalue weighted by Crippen LogP contribution is -2.09. The van der Waals surface area contributed by atoms with Gasteiger partial charge in [-0.25, -0.2) is 4.39 Å². The van der Waals surface area contributed by atoms with Crippen LogP contribution >= 0.6 is 31.9 Å². The molecule has 0 N–H and O–H groups in total. The van der Waals surface area contributed by atoms with Crippen LogP contribution in [0.25, 0.3) is 11.4 Å². The van der Waals surface area contributed by atoms with Gasteiger partial charge in [0.05, 0.1) is 9.80 Å². The van der Waals surface area contributed by atoms with Gasteiger partial charge in [0.1, 0.15) is 11.6 Å². The molecule has 102 valence electrons. The van der Waals surface area contributed by atoms with E-state index in [4.69, 9.17) is 0 Å². The Hall–Kier alpha value is -0.750. The topological polar surface area (TPSA) is 30.7 Å². The van der Waals surface area contributed by atoms with E-state index in [1.807, 2.05) is 10.6 Å². The fourth-order valence-electron chi connectivity index (χ4n) is 1.87. The molecule has 0 saturated heterocycles. The van der Waals surface area contributed by atoms with Crippen LogP contribution in [0.5, 0.6) is 0 Å². The highest BCUT2D eigenvalue weighted by molar-refractivity contribution is 9.10. The van der Waals surface area contributed by atoms with Gasteiger partial charge < -0.3 is 4.57 Å². The Kier molecular flexibility index (Phi) is 4.73. The second-order valence-electron chi connectivity index (χ2n) is 4.68. The molecular formula is C13H14Br2FN3. The molecule has 0 aliphatic heterocycles. The Labute approximate surface area is 128 Å². The van der Waals surface area contributed by atoms with Crippen molar-refractivity contribution in [3.05, 3.63) is 34.3 Å². The minimum Gasteiger partial charge on any atom is -0.310 e. The molecule has 1 aromatic heterocycles. The largest absolute Gasteiger partial charge is 0.310 e. The zero-order chi connectivity index (χ0) is 14.0. The van der Waals surface area contributed by atoms with Crippen LogP contribution in [0, 0.1) is 11.7 Å². The number of hydrogen-bond donors (Lipinski definition) is 0. The third-order valence-electron chi connectivity index (χ3n) is 2.69. The Morgan fingerprint density at radius 2 is 2.05 bits per heavy atom. The molecule has 0 saturated carbocycles. The predicted octanol–water partition coefficient (Wildman–Crippen LogP) is 4.40. The summed E-state index contributed by atoms with van der Waals surface area (Å²) in [6.07, 6.45) is 0. The number of halogens is 3. The first-order valence-electron chi connectivity index (χ1n) is 5.97. The standard InChI is InChI=1S/C13H14Br2FN3/c1-8(2)7-19-11(6-14)17-18-13(19)9-4-3-5-10(16)12(9)15/h3-5,8H,6-7H2,1-2H3. The normalized spacial score (nSPS) is 11.3. The van der Waals surface area contributed by atoms with E-state index >= 15 is 0 Å². The van der Waals surface area contributed by atoms with Gasteiger partial charge in [-0.1, -0.05) is 35.8 Å². The lowest BCUT2D eigenvalue weighted by atomic mass is 10.2. The molecule has 1 heterocycles. The van der Waals surface area contributed by atoms with E-state index in [0.717, 1.165) is 17.9 Å². The van der Waals surface area contributed by atoms with Crippen molar-refractivity contribution in [3.8, 4) is 11.4 Å². The lowest BCUT2D eigenvalue weighted by molar-refractivity contribution is 0.516. The maximum absolute atomic E-state index is 13.6. The van der Waals surface area contributed by atoms with Crippen molar-refractivity contribution in [2.45, 2.75) is 25.7 Å². The van der Waals surface area contributed by atoms with E-state index in [2.05, 4.69) is 55.9 Å². The summed E-state index contributed by atoms with van der Waals surface area (Å²) in [4.78, 5) is 0. The van der Waals surface area contributed by atoms with Crippen LogP contribution < -0.4 is 0 Å². The van der Waals surface area contributed by atoms with Gasteiger partial charge in [-0.3, -0.25) is 0 Å². The molecule has 2 aromatic rings. The maximum atomic E-state index is 13.6. The van der Waals surface area contributed by atoms with Crippen molar-refractivity contribution < 1.29 is 4.39 Å². The molecule has 0 unspecified atom stereocenters. The number of alkyl halides is 1. The summed E-state index contributed by atoms with van der Waals surface area (Å²) in [5, 5.41) is 8.98. The summed E-state index contributed by atoms with van der Waals surface area (Å²) in [5.41, 5.74) is 0.723. The van der Waals surface area contributed by atoms with Crippen LogP contribution in [0.1, 0.15) is 19.7 Å². The summed E-state index contributed by atoms with van der Waals surface area (Å²) in [7, 11) is 0. The summed E-state index contributed by atoms with van der Waals surface area (Å²) in [6.45, 7) is 5.05. The number of hydrogen-bond acceptors (Lipinski definition) is 2. The molecule has 0 bridgehead atoms. The first-order chi connectivity index (χ1) is 9.04. The lowest BCUT2D eigenvalue weighted by Gasteiger charge is -2.12. The second-order valence-corrected chi connectivity index (χ2v) is 6.03. The van der Waals surface area contributed by atoms with Crippen molar-refractivity contribution in [2.75, 3.05) is 0 Å². The predicted molar refractivity (Wildman–Crippen MR) is 80.6 cm³/mol. The Morgan fingerprint density at radius 1 is 1.32 bits per heavy atom. The molecule has 0 aliphatic rings. The quantitative estimate of drug-likeness (QED) is 0.724. The molecule has 0 radical (unpaired) electrons. The molecule has 2 rings (SSSR count). The van der Waals surface area contributed by atoms with Crippen molar-refractivity contribution in [3.63, 3.8) is 0 Å². The third-order valence-corrected chi connectivity index (χ3v) is 3.99. The average Bonchev–Trinajstić information content (AvgIpc) is 2.75. The number of aromatic nitrogens is 3. The van der Waals surface area contributed by atoms with Crippen molar-refractivity contribution in [1.82, 2.24) is 14.8 Å². The van der Waals surface area contributed by atoms with E-state index in [1.54, 1.807) is 6.07 Å². The van der Waals surface area contributed by atoms with Crippen LogP contribution in [-0.4, -0.2) is 14.8 Å². The summed E-state index contributed by atoms with van der Waals surface area (Å²) < 4.78 is 16.1. The molecule has 0 amide bonds. The molecule has 19 heavy (non-hydrogen) atoms. The zero-order valence-corrected chi connectivity index (χ0v) is 13.9. The molecule has 0 aliphatic carbocycles. The monoisotopic (exact) mass is 389 g/mol. The van der Waals surface area contributed by atoms with Gasteiger partial charge in [-0.15, -0.1) is 10.2 Å². The highest BCUT2D eigenvalue weighted by atomic mass is 79.9. The molecule has 3 nitrogen and oxygen atoms in total. The Balaban J connectivity index is 2.55. The highest BCUT2D eigenvalue weighted by Crippen LogP contribution is 2.30. The van der Waals surface area contributed by atoms with E-state index in [-0.39, 0.29) is 5.82 Å². The van der Waals surface area contributed by atoms with Gasteiger partial charge in [0, 0.05) is 12.1 Å². The fraction of sp³-hybridized carbons (Fsp3) is 0.385. The smallest absolute Gasteiger partial charge is 0.165 e. The fourth-order valence-corrected chi connectivity index (χ4v) is 2.72. The van der Waals surface area contributed by atoms with Crippen molar-refractivity contribution in [2.24, 2.45) is 5.92 Å². The third kappa shape index (κ3) is 3.05. The minimum absolute atomic E-state index is 0.294. The summed E-state index contributed by atoms with van der Waals surface area (Å²) >= 11 is 6.69. The van der Waals surface area contributed by atoms with Gasteiger partial charge in [-0.2, -0.15) is 0 Å². The second kappa shape index (κ2) is 6.13. The number of rotatable bonds is 4. The first kappa shape index (κ1) is 14.7. The number of benzene rings is 1. The molecule has 0 spiro atoms. The van der Waals surface area contributed by atoms with Crippen LogP contribution in [0.2, 0.25) is 0 Å². The zero-order valence-electron chi connectivity index (χ0n) is 10.7. The van der Waals surface area contributed by atoms with E-state index in [1.165, 1.54) is 6.07 Å². The average molecular weight is 391 g/mol. The maximum Gasteiger partial charge on any atom is 0.165 e. The molecule has 1 aromatic carbocycles. The minimum atomic E-state index is -0.294. The molecule has 0 fully saturated rings. The van der Waals surface area contributed by atoms with Gasteiger partial charge in [0.25, 0.3) is 0 Å². The molecule has 6 heteroatoms. The summed E-state index contributed by atoms with van der Waals surface area (Å²) in [6, 6.07) is 4.94. The van der Waals surface area contributed by atoms with Gasteiger partial charge >= 0.3 is 0 Å².